The van der Waals surface area contributed by atoms with Crippen molar-refractivity contribution in [2.24, 2.45) is 0 Å². The van der Waals surface area contributed by atoms with E-state index in [0.29, 0.717) is 11.3 Å². The molecule has 0 spiro atoms. The summed E-state index contributed by atoms with van der Waals surface area (Å²) in [5.41, 5.74) is 0. The van der Waals surface area contributed by atoms with Gasteiger partial charge in [-0.05, 0) is 38.4 Å². The van der Waals surface area contributed by atoms with Gasteiger partial charge >= 0.3 is 6.03 Å². The number of hydrogen-bond donors (Lipinski definition) is 3. The minimum atomic E-state index is -0.368. The lowest BCUT2D eigenvalue weighted by Gasteiger charge is -2.28. The van der Waals surface area contributed by atoms with Gasteiger partial charge in [-0.2, -0.15) is 11.8 Å². The molecule has 3 N–H and O–H groups in total. The SMILES string of the molecule is CS[C@@H]1CC[C@H](NC(=O)N[C@H]2CCCC[C@H]2O)C1. The first-order chi connectivity index (χ1) is 8.69. The van der Waals surface area contributed by atoms with Gasteiger partial charge in [0.1, 0.15) is 0 Å². The first kappa shape index (κ1) is 14.0. The molecule has 0 aromatic heterocycles. The molecule has 0 aliphatic heterocycles. The molecule has 2 aliphatic carbocycles. The molecule has 2 fully saturated rings. The van der Waals surface area contributed by atoms with E-state index in [2.05, 4.69) is 16.9 Å². The molecule has 0 saturated heterocycles. The smallest absolute Gasteiger partial charge is 0.315 e. The molecule has 18 heavy (non-hydrogen) atoms. The van der Waals surface area contributed by atoms with E-state index in [1.807, 2.05) is 11.8 Å². The van der Waals surface area contributed by atoms with Crippen molar-refractivity contribution in [2.45, 2.75) is 68.4 Å². The molecule has 4 nitrogen and oxygen atoms in total. The topological polar surface area (TPSA) is 61.4 Å². The van der Waals surface area contributed by atoms with Crippen LogP contribution >= 0.6 is 11.8 Å². The lowest BCUT2D eigenvalue weighted by atomic mass is 9.93. The molecule has 0 aromatic rings. The average Bonchev–Trinajstić information content (AvgIpc) is 2.80. The minimum absolute atomic E-state index is 0.0588. The second kappa shape index (κ2) is 6.66. The number of urea groups is 1. The molecule has 4 atom stereocenters. The molecule has 5 heteroatoms. The Bertz CT molecular complexity index is 288. The molecule has 2 saturated carbocycles. The van der Waals surface area contributed by atoms with Crippen LogP contribution in [0.4, 0.5) is 4.79 Å². The number of carbonyl (C=O) groups excluding carboxylic acids is 1. The van der Waals surface area contributed by atoms with Crippen molar-refractivity contribution < 1.29 is 9.90 Å². The van der Waals surface area contributed by atoms with Crippen LogP contribution in [0.25, 0.3) is 0 Å². The van der Waals surface area contributed by atoms with Gasteiger partial charge < -0.3 is 15.7 Å². The zero-order chi connectivity index (χ0) is 13.0. The van der Waals surface area contributed by atoms with Gasteiger partial charge in [-0.25, -0.2) is 4.79 Å². The van der Waals surface area contributed by atoms with Crippen molar-refractivity contribution in [3.63, 3.8) is 0 Å². The summed E-state index contributed by atoms with van der Waals surface area (Å²) in [6.45, 7) is 0. The van der Waals surface area contributed by atoms with Crippen molar-refractivity contribution in [1.29, 1.82) is 0 Å². The van der Waals surface area contributed by atoms with E-state index < -0.39 is 0 Å². The highest BCUT2D eigenvalue weighted by Gasteiger charge is 2.28. The van der Waals surface area contributed by atoms with Crippen molar-refractivity contribution in [3.8, 4) is 0 Å². The van der Waals surface area contributed by atoms with Crippen LogP contribution in [0, 0.1) is 0 Å². The Morgan fingerprint density at radius 1 is 1.17 bits per heavy atom. The van der Waals surface area contributed by atoms with Crippen LogP contribution in [0.1, 0.15) is 44.9 Å². The van der Waals surface area contributed by atoms with Crippen LogP contribution < -0.4 is 10.6 Å². The van der Waals surface area contributed by atoms with Crippen LogP contribution in [0.15, 0.2) is 0 Å². The standard InChI is InChI=1S/C13H24N2O2S/c1-18-10-7-6-9(8-10)14-13(17)15-11-4-2-3-5-12(11)16/h9-12,16H,2-8H2,1H3,(H2,14,15,17)/t9-,10+,11-,12+/m0/s1. The van der Waals surface area contributed by atoms with Gasteiger partial charge in [0.2, 0.25) is 0 Å². The second-order valence-corrected chi connectivity index (χ2v) is 6.58. The predicted molar refractivity (Wildman–Crippen MR) is 74.9 cm³/mol. The molecule has 0 aromatic carbocycles. The van der Waals surface area contributed by atoms with Crippen LogP contribution in [-0.2, 0) is 0 Å². The van der Waals surface area contributed by atoms with Crippen LogP contribution in [0.2, 0.25) is 0 Å². The summed E-state index contributed by atoms with van der Waals surface area (Å²) in [5, 5.41) is 16.5. The minimum Gasteiger partial charge on any atom is -0.391 e. The van der Waals surface area contributed by atoms with E-state index in [1.54, 1.807) is 0 Å². The quantitative estimate of drug-likeness (QED) is 0.735. The number of thioether (sulfide) groups is 1. The fourth-order valence-corrected chi connectivity index (χ4v) is 3.76. The van der Waals surface area contributed by atoms with Gasteiger partial charge in [-0.15, -0.1) is 0 Å². The Labute approximate surface area is 113 Å². The first-order valence-corrected chi connectivity index (χ1v) is 8.25. The number of amides is 2. The number of carbonyl (C=O) groups is 1. The average molecular weight is 272 g/mol. The second-order valence-electron chi connectivity index (χ2n) is 5.44. The third-order valence-electron chi connectivity index (χ3n) is 4.10. The molecule has 0 bridgehead atoms. The molecule has 2 aliphatic rings. The highest BCUT2D eigenvalue weighted by molar-refractivity contribution is 7.99. The van der Waals surface area contributed by atoms with E-state index in [1.165, 1.54) is 6.42 Å². The van der Waals surface area contributed by atoms with Gasteiger partial charge in [-0.1, -0.05) is 12.8 Å². The van der Waals surface area contributed by atoms with Crippen LogP contribution in [0.3, 0.4) is 0 Å². The molecule has 0 unspecified atom stereocenters. The van der Waals surface area contributed by atoms with Crippen LogP contribution in [-0.4, -0.2) is 40.8 Å². The van der Waals surface area contributed by atoms with Gasteiger partial charge in [0.05, 0.1) is 12.1 Å². The molecule has 0 radical (unpaired) electrons. The van der Waals surface area contributed by atoms with Crippen molar-refractivity contribution >= 4 is 17.8 Å². The fourth-order valence-electron chi connectivity index (χ4n) is 2.96. The van der Waals surface area contributed by atoms with Crippen molar-refractivity contribution in [3.05, 3.63) is 0 Å². The maximum Gasteiger partial charge on any atom is 0.315 e. The summed E-state index contributed by atoms with van der Waals surface area (Å²) in [4.78, 5) is 11.9. The molecular weight excluding hydrogens is 248 g/mol. The molecule has 0 heterocycles. The van der Waals surface area contributed by atoms with Gasteiger partial charge in [-0.3, -0.25) is 0 Å². The number of hydrogen-bond acceptors (Lipinski definition) is 3. The number of nitrogens with one attached hydrogen (secondary N) is 2. The van der Waals surface area contributed by atoms with Crippen LogP contribution in [0.5, 0.6) is 0 Å². The van der Waals surface area contributed by atoms with E-state index in [-0.39, 0.29) is 18.2 Å². The normalized spacial score (nSPS) is 36.3. The van der Waals surface area contributed by atoms with E-state index >= 15 is 0 Å². The summed E-state index contributed by atoms with van der Waals surface area (Å²) in [7, 11) is 0. The Morgan fingerprint density at radius 3 is 2.61 bits per heavy atom. The van der Waals surface area contributed by atoms with Gasteiger partial charge in [0.25, 0.3) is 0 Å². The largest absolute Gasteiger partial charge is 0.391 e. The number of rotatable bonds is 3. The summed E-state index contributed by atoms with van der Waals surface area (Å²) in [6.07, 6.45) is 8.97. The summed E-state index contributed by atoms with van der Waals surface area (Å²) < 4.78 is 0. The van der Waals surface area contributed by atoms with Gasteiger partial charge in [0.15, 0.2) is 0 Å². The zero-order valence-electron chi connectivity index (χ0n) is 11.0. The van der Waals surface area contributed by atoms with Crippen molar-refractivity contribution in [1.82, 2.24) is 10.6 Å². The van der Waals surface area contributed by atoms with Gasteiger partial charge in [0, 0.05) is 11.3 Å². The Kier molecular flexibility index (Phi) is 5.18. The maximum absolute atomic E-state index is 11.9. The third kappa shape index (κ3) is 3.79. The molecule has 104 valence electrons. The van der Waals surface area contributed by atoms with E-state index in [9.17, 15) is 9.90 Å². The maximum atomic E-state index is 11.9. The Balaban J connectivity index is 1.71. The van der Waals surface area contributed by atoms with E-state index in [4.69, 9.17) is 0 Å². The number of aliphatic hydroxyl groups is 1. The monoisotopic (exact) mass is 272 g/mol. The highest BCUT2D eigenvalue weighted by Crippen LogP contribution is 2.28. The summed E-state index contributed by atoms with van der Waals surface area (Å²) in [5.74, 6) is 0. The predicted octanol–water partition coefficient (Wildman–Crippen LogP) is 1.87. The number of aliphatic hydroxyl groups excluding tert-OH is 1. The molecule has 2 amide bonds. The summed E-state index contributed by atoms with van der Waals surface area (Å²) in [6, 6.07) is 0.146. The zero-order valence-corrected chi connectivity index (χ0v) is 11.8. The Hall–Kier alpha value is -0.420. The van der Waals surface area contributed by atoms with E-state index in [0.717, 1.165) is 38.5 Å². The van der Waals surface area contributed by atoms with Crippen molar-refractivity contribution in [2.75, 3.05) is 6.26 Å². The lowest BCUT2D eigenvalue weighted by Crippen LogP contribution is -2.50. The molecule has 2 rings (SSSR count). The molecular formula is C13H24N2O2S. The fraction of sp³-hybridized carbons (Fsp3) is 0.923. The lowest BCUT2D eigenvalue weighted by molar-refractivity contribution is 0.0940. The Morgan fingerprint density at radius 2 is 1.94 bits per heavy atom. The highest BCUT2D eigenvalue weighted by atomic mass is 32.2. The first-order valence-electron chi connectivity index (χ1n) is 6.97. The summed E-state index contributed by atoms with van der Waals surface area (Å²) >= 11 is 1.89. The third-order valence-corrected chi connectivity index (χ3v) is 5.19.